The number of nitrogens with zero attached hydrogens (tertiary/aromatic N) is 1. The molecule has 3 atom stereocenters. The van der Waals surface area contributed by atoms with E-state index in [1.807, 2.05) is 5.40 Å². The zero-order valence-electron chi connectivity index (χ0n) is 10.7. The average Bonchev–Trinajstić information content (AvgIpc) is 2.59. The van der Waals surface area contributed by atoms with Crippen molar-refractivity contribution < 1.29 is 9.53 Å². The van der Waals surface area contributed by atoms with Crippen molar-refractivity contribution in [1.29, 1.82) is 5.26 Å². The molecule has 17 heavy (non-hydrogen) atoms. The van der Waals surface area contributed by atoms with Gasteiger partial charge in [0, 0.05) is 5.41 Å². The first kappa shape index (κ1) is 12.8. The van der Waals surface area contributed by atoms with E-state index in [0.29, 0.717) is 5.92 Å². The average molecular weight is 253 g/mol. The number of rotatable bonds is 3. The molecule has 3 nitrogen and oxygen atoms in total. The fourth-order valence-corrected chi connectivity index (χ4v) is 3.84. The summed E-state index contributed by atoms with van der Waals surface area (Å²) >= 11 is 0.949. The monoisotopic (exact) mass is 253 g/mol. The molecule has 0 radical (unpaired) electrons. The van der Waals surface area contributed by atoms with Gasteiger partial charge in [0.25, 0.3) is 0 Å². The van der Waals surface area contributed by atoms with Gasteiger partial charge in [-0.1, -0.05) is 20.8 Å². The van der Waals surface area contributed by atoms with Crippen LogP contribution in [-0.2, 0) is 9.53 Å². The predicted molar refractivity (Wildman–Crippen MR) is 67.2 cm³/mol. The second-order valence-electron chi connectivity index (χ2n) is 5.97. The van der Waals surface area contributed by atoms with Gasteiger partial charge in [-0.25, -0.2) is 0 Å². The van der Waals surface area contributed by atoms with Gasteiger partial charge in [0.2, 0.25) is 0 Å². The van der Waals surface area contributed by atoms with Gasteiger partial charge in [0.05, 0.1) is 0 Å². The van der Waals surface area contributed by atoms with Crippen molar-refractivity contribution in [3.8, 4) is 5.40 Å². The van der Waals surface area contributed by atoms with E-state index < -0.39 is 0 Å². The van der Waals surface area contributed by atoms with Crippen molar-refractivity contribution in [2.24, 2.45) is 16.7 Å². The Labute approximate surface area is 107 Å². The van der Waals surface area contributed by atoms with Gasteiger partial charge in [-0.15, -0.1) is 0 Å². The third-order valence-electron chi connectivity index (χ3n) is 5.24. The van der Waals surface area contributed by atoms with Crippen molar-refractivity contribution in [3.05, 3.63) is 0 Å². The van der Waals surface area contributed by atoms with E-state index in [4.69, 9.17) is 10.00 Å². The number of thioether (sulfide) groups is 1. The molecule has 2 fully saturated rings. The van der Waals surface area contributed by atoms with Crippen LogP contribution in [0, 0.1) is 27.4 Å². The molecule has 2 aliphatic carbocycles. The summed E-state index contributed by atoms with van der Waals surface area (Å²) in [5.41, 5.74) is 0.380. The van der Waals surface area contributed by atoms with Gasteiger partial charge in [-0.2, -0.15) is 5.26 Å². The highest BCUT2D eigenvalue weighted by Crippen LogP contribution is 2.66. The Balaban J connectivity index is 2.01. The molecular formula is C13H19NO2S. The molecule has 0 heterocycles. The highest BCUT2D eigenvalue weighted by Gasteiger charge is 2.62. The Kier molecular flexibility index (Phi) is 3.15. The lowest BCUT2D eigenvalue weighted by Crippen LogP contribution is -2.38. The zero-order valence-corrected chi connectivity index (χ0v) is 11.5. The first-order valence-corrected chi connectivity index (χ1v) is 7.11. The molecule has 0 aromatic heterocycles. The molecule has 2 bridgehead atoms. The van der Waals surface area contributed by atoms with Crippen molar-refractivity contribution >= 4 is 17.7 Å². The van der Waals surface area contributed by atoms with Crippen LogP contribution in [0.1, 0.15) is 40.0 Å². The van der Waals surface area contributed by atoms with Crippen LogP contribution in [0.5, 0.6) is 0 Å². The summed E-state index contributed by atoms with van der Waals surface area (Å²) in [4.78, 5) is 11.6. The van der Waals surface area contributed by atoms with E-state index >= 15 is 0 Å². The molecule has 0 aromatic rings. The molecule has 0 unspecified atom stereocenters. The van der Waals surface area contributed by atoms with Crippen molar-refractivity contribution in [2.45, 2.75) is 46.1 Å². The number of hydrogen-bond acceptors (Lipinski definition) is 4. The van der Waals surface area contributed by atoms with Crippen LogP contribution in [0.25, 0.3) is 0 Å². The topological polar surface area (TPSA) is 50.1 Å². The third kappa shape index (κ3) is 1.85. The smallest absolute Gasteiger partial charge is 0.317 e. The fourth-order valence-electron chi connectivity index (χ4n) is 3.59. The van der Waals surface area contributed by atoms with Gasteiger partial charge in [-0.05, 0) is 42.4 Å². The van der Waals surface area contributed by atoms with Gasteiger partial charge in [0.1, 0.15) is 17.3 Å². The van der Waals surface area contributed by atoms with E-state index in [0.717, 1.165) is 24.6 Å². The summed E-state index contributed by atoms with van der Waals surface area (Å²) in [5.74, 6) is 0.578. The van der Waals surface area contributed by atoms with Gasteiger partial charge < -0.3 is 4.74 Å². The number of fused-ring (bicyclic) bond motifs is 2. The maximum Gasteiger partial charge on any atom is 0.317 e. The SMILES string of the molecule is CC1(C)[C@H]2CC[C@]1(C)[C@@H](OC(=O)CSC#N)C2. The van der Waals surface area contributed by atoms with Crippen LogP contribution < -0.4 is 0 Å². The Morgan fingerprint density at radius 2 is 2.24 bits per heavy atom. The van der Waals surface area contributed by atoms with Crippen LogP contribution in [0.3, 0.4) is 0 Å². The van der Waals surface area contributed by atoms with Gasteiger partial charge >= 0.3 is 5.97 Å². The Hall–Kier alpha value is -0.690. The molecule has 0 aromatic carbocycles. The Bertz CT molecular complexity index is 374. The van der Waals surface area contributed by atoms with Crippen molar-refractivity contribution in [1.82, 2.24) is 0 Å². The summed E-state index contributed by atoms with van der Waals surface area (Å²) in [7, 11) is 0. The highest BCUT2D eigenvalue weighted by atomic mass is 32.2. The summed E-state index contributed by atoms with van der Waals surface area (Å²) in [5, 5.41) is 10.3. The first-order chi connectivity index (χ1) is 7.91. The predicted octanol–water partition coefficient (Wildman–Crippen LogP) is 2.96. The van der Waals surface area contributed by atoms with Gasteiger partial charge in [0.15, 0.2) is 0 Å². The van der Waals surface area contributed by atoms with Crippen molar-refractivity contribution in [3.63, 3.8) is 0 Å². The molecule has 0 N–H and O–H groups in total. The Morgan fingerprint density at radius 3 is 2.71 bits per heavy atom. The van der Waals surface area contributed by atoms with Gasteiger partial charge in [-0.3, -0.25) is 4.79 Å². The van der Waals surface area contributed by atoms with Crippen LogP contribution in [-0.4, -0.2) is 17.8 Å². The molecule has 2 saturated carbocycles. The summed E-state index contributed by atoms with van der Waals surface area (Å²) in [6.45, 7) is 6.83. The quantitative estimate of drug-likeness (QED) is 0.573. The molecule has 2 aliphatic rings. The summed E-state index contributed by atoms with van der Waals surface area (Å²) < 4.78 is 5.58. The molecule has 0 aliphatic heterocycles. The first-order valence-electron chi connectivity index (χ1n) is 6.12. The fraction of sp³-hybridized carbons (Fsp3) is 0.846. The second kappa shape index (κ2) is 4.20. The molecular weight excluding hydrogens is 234 g/mol. The molecule has 94 valence electrons. The standard InChI is InChI=1S/C13H19NO2S/c1-12(2)9-4-5-13(12,3)10(6-9)16-11(15)7-17-8-14/h9-10H,4-7H2,1-3H3/t9-,10-,13+/m0/s1. The molecule has 0 spiro atoms. The van der Waals surface area contributed by atoms with Crippen LogP contribution in [0.15, 0.2) is 0 Å². The second-order valence-corrected chi connectivity index (χ2v) is 6.73. The van der Waals surface area contributed by atoms with E-state index in [-0.39, 0.29) is 28.7 Å². The number of thiocyanates is 1. The number of ether oxygens (including phenoxy) is 1. The lowest BCUT2D eigenvalue weighted by molar-refractivity contribution is -0.153. The molecule has 0 saturated heterocycles. The number of nitriles is 1. The van der Waals surface area contributed by atoms with Crippen LogP contribution >= 0.6 is 11.8 Å². The lowest BCUT2D eigenvalue weighted by atomic mass is 9.70. The molecule has 0 amide bonds. The minimum absolute atomic E-state index is 0.0445. The Morgan fingerprint density at radius 1 is 1.53 bits per heavy atom. The van der Waals surface area contributed by atoms with E-state index in [2.05, 4.69) is 20.8 Å². The maximum atomic E-state index is 11.6. The lowest BCUT2D eigenvalue weighted by Gasteiger charge is -2.38. The number of carbonyl (C=O) groups excluding carboxylic acids is 1. The van der Waals surface area contributed by atoms with Crippen molar-refractivity contribution in [2.75, 3.05) is 5.75 Å². The van der Waals surface area contributed by atoms with E-state index in [1.165, 1.54) is 6.42 Å². The largest absolute Gasteiger partial charge is 0.461 e. The summed E-state index contributed by atoms with van der Waals surface area (Å²) in [6.07, 6.45) is 3.44. The number of carbonyl (C=O) groups is 1. The molecule has 4 heteroatoms. The summed E-state index contributed by atoms with van der Waals surface area (Å²) in [6, 6.07) is 0. The van der Waals surface area contributed by atoms with E-state index in [9.17, 15) is 4.79 Å². The van der Waals surface area contributed by atoms with Crippen LogP contribution in [0.2, 0.25) is 0 Å². The molecule has 2 rings (SSSR count). The zero-order chi connectivity index (χ0) is 12.7. The highest BCUT2D eigenvalue weighted by molar-refractivity contribution is 8.04. The minimum atomic E-state index is -0.244. The minimum Gasteiger partial charge on any atom is -0.461 e. The third-order valence-corrected chi connectivity index (χ3v) is 5.75. The maximum absolute atomic E-state index is 11.6. The van der Waals surface area contributed by atoms with Crippen LogP contribution in [0.4, 0.5) is 0 Å². The number of hydrogen-bond donors (Lipinski definition) is 0. The normalized spacial score (nSPS) is 37.8. The van der Waals surface area contributed by atoms with E-state index in [1.54, 1.807) is 0 Å². The number of esters is 1.